The zero-order valence-electron chi connectivity index (χ0n) is 13.6. The molecule has 0 atom stereocenters. The van der Waals surface area contributed by atoms with Gasteiger partial charge in [-0.2, -0.15) is 0 Å². The third-order valence-corrected chi connectivity index (χ3v) is 4.31. The molecular formula is C18H19N5O. The van der Waals surface area contributed by atoms with Crippen LogP contribution in [-0.4, -0.2) is 26.6 Å². The number of nitrogens with zero attached hydrogens (tertiary/aromatic N) is 4. The van der Waals surface area contributed by atoms with Crippen molar-refractivity contribution >= 4 is 5.95 Å². The van der Waals surface area contributed by atoms with Gasteiger partial charge in [0.1, 0.15) is 0 Å². The van der Waals surface area contributed by atoms with Crippen LogP contribution in [0.5, 0.6) is 0 Å². The lowest BCUT2D eigenvalue weighted by molar-refractivity contribution is 0.235. The summed E-state index contributed by atoms with van der Waals surface area (Å²) in [5, 5.41) is 4.21. The summed E-state index contributed by atoms with van der Waals surface area (Å²) < 4.78 is 5.50. The second-order valence-electron chi connectivity index (χ2n) is 6.21. The van der Waals surface area contributed by atoms with Gasteiger partial charge in [-0.25, -0.2) is 9.97 Å². The summed E-state index contributed by atoms with van der Waals surface area (Å²) >= 11 is 0. The summed E-state index contributed by atoms with van der Waals surface area (Å²) in [7, 11) is 0. The number of anilines is 1. The van der Waals surface area contributed by atoms with Gasteiger partial charge in [-0.05, 0) is 6.92 Å². The number of nitrogen functional groups attached to an aromatic ring is 1. The molecule has 6 nitrogen and oxygen atoms in total. The highest BCUT2D eigenvalue weighted by Gasteiger charge is 2.19. The maximum atomic E-state index is 5.65. The first-order chi connectivity index (χ1) is 11.7. The van der Waals surface area contributed by atoms with Crippen LogP contribution in [0.15, 0.2) is 41.1 Å². The average Bonchev–Trinajstić information content (AvgIpc) is 3.04. The molecule has 0 bridgehead atoms. The standard InChI is InChI=1S/C18H19N5O/c1-12-2-4-13(5-3-12)17-8-15(22-24-17)11-23-7-6-16-14(10-23)9-20-18(19)21-16/h2-5,8-9H,6-7,10-11H2,1H3,(H2,19,20,21). The fourth-order valence-corrected chi connectivity index (χ4v) is 2.99. The zero-order chi connectivity index (χ0) is 16.5. The van der Waals surface area contributed by atoms with Gasteiger partial charge in [0.15, 0.2) is 5.76 Å². The highest BCUT2D eigenvalue weighted by atomic mass is 16.5. The molecule has 2 aromatic heterocycles. The van der Waals surface area contributed by atoms with Crippen molar-refractivity contribution in [3.8, 4) is 11.3 Å². The Kier molecular flexibility index (Phi) is 3.74. The van der Waals surface area contributed by atoms with E-state index in [0.717, 1.165) is 54.3 Å². The quantitative estimate of drug-likeness (QED) is 0.798. The van der Waals surface area contributed by atoms with Crippen LogP contribution in [0, 0.1) is 6.92 Å². The predicted octanol–water partition coefficient (Wildman–Crippen LogP) is 2.58. The van der Waals surface area contributed by atoms with Gasteiger partial charge in [0.25, 0.3) is 0 Å². The number of benzene rings is 1. The van der Waals surface area contributed by atoms with Crippen LogP contribution in [0.1, 0.15) is 22.5 Å². The minimum absolute atomic E-state index is 0.349. The van der Waals surface area contributed by atoms with Crippen LogP contribution < -0.4 is 5.73 Å². The van der Waals surface area contributed by atoms with Gasteiger partial charge in [-0.15, -0.1) is 0 Å². The van der Waals surface area contributed by atoms with Crippen molar-refractivity contribution in [1.29, 1.82) is 0 Å². The molecule has 0 amide bonds. The molecule has 1 aromatic carbocycles. The molecule has 0 spiro atoms. The summed E-state index contributed by atoms with van der Waals surface area (Å²) in [4.78, 5) is 10.7. The van der Waals surface area contributed by atoms with Crippen LogP contribution in [0.4, 0.5) is 5.95 Å². The minimum atomic E-state index is 0.349. The third-order valence-electron chi connectivity index (χ3n) is 4.31. The molecule has 3 aromatic rings. The Balaban J connectivity index is 1.47. The van der Waals surface area contributed by atoms with Crippen molar-refractivity contribution in [3.63, 3.8) is 0 Å². The summed E-state index contributed by atoms with van der Waals surface area (Å²) in [6.07, 6.45) is 2.70. The average molecular weight is 321 g/mol. The Morgan fingerprint density at radius 2 is 2.08 bits per heavy atom. The summed E-state index contributed by atoms with van der Waals surface area (Å²) in [5.74, 6) is 1.15. The van der Waals surface area contributed by atoms with Gasteiger partial charge in [0, 0.05) is 49.4 Å². The number of hydrogen-bond donors (Lipinski definition) is 1. The molecule has 2 N–H and O–H groups in total. The number of nitrogens with two attached hydrogens (primary N) is 1. The maximum Gasteiger partial charge on any atom is 0.220 e. The molecule has 122 valence electrons. The molecule has 3 heterocycles. The van der Waals surface area contributed by atoms with Crippen LogP contribution in [0.3, 0.4) is 0 Å². The van der Waals surface area contributed by atoms with Gasteiger partial charge in [-0.1, -0.05) is 35.0 Å². The first kappa shape index (κ1) is 14.8. The normalized spacial score (nSPS) is 14.5. The number of hydrogen-bond acceptors (Lipinski definition) is 6. The second-order valence-corrected chi connectivity index (χ2v) is 6.21. The minimum Gasteiger partial charge on any atom is -0.368 e. The van der Waals surface area contributed by atoms with Gasteiger partial charge in [0.05, 0.1) is 11.4 Å². The summed E-state index contributed by atoms with van der Waals surface area (Å²) in [5.41, 5.74) is 11.1. The molecule has 0 aliphatic carbocycles. The highest BCUT2D eigenvalue weighted by molar-refractivity contribution is 5.57. The van der Waals surface area contributed by atoms with Crippen LogP contribution in [-0.2, 0) is 19.5 Å². The Bertz CT molecular complexity index is 856. The Labute approximate surface area is 140 Å². The van der Waals surface area contributed by atoms with Crippen molar-refractivity contribution in [1.82, 2.24) is 20.0 Å². The van der Waals surface area contributed by atoms with E-state index in [2.05, 4.69) is 51.2 Å². The second kappa shape index (κ2) is 6.05. The molecule has 4 rings (SSSR count). The van der Waals surface area contributed by atoms with Crippen molar-refractivity contribution in [2.24, 2.45) is 0 Å². The van der Waals surface area contributed by atoms with E-state index in [1.54, 1.807) is 0 Å². The van der Waals surface area contributed by atoms with E-state index in [1.807, 2.05) is 12.3 Å². The van der Waals surface area contributed by atoms with Crippen molar-refractivity contribution in [3.05, 3.63) is 59.0 Å². The van der Waals surface area contributed by atoms with Gasteiger partial charge < -0.3 is 10.3 Å². The van der Waals surface area contributed by atoms with E-state index in [1.165, 1.54) is 5.56 Å². The molecular weight excluding hydrogens is 302 g/mol. The van der Waals surface area contributed by atoms with E-state index in [0.29, 0.717) is 5.95 Å². The third kappa shape index (κ3) is 3.00. The van der Waals surface area contributed by atoms with E-state index >= 15 is 0 Å². The number of aryl methyl sites for hydroxylation is 1. The zero-order valence-corrected chi connectivity index (χ0v) is 13.6. The summed E-state index contributed by atoms with van der Waals surface area (Å²) in [6.45, 7) is 4.55. The lowest BCUT2D eigenvalue weighted by atomic mass is 10.1. The highest BCUT2D eigenvalue weighted by Crippen LogP contribution is 2.23. The van der Waals surface area contributed by atoms with E-state index in [-0.39, 0.29) is 0 Å². The molecule has 6 heteroatoms. The summed E-state index contributed by atoms with van der Waals surface area (Å²) in [6, 6.07) is 10.3. The molecule has 1 aliphatic heterocycles. The SMILES string of the molecule is Cc1ccc(-c2cc(CN3CCc4nc(N)ncc4C3)no2)cc1. The fourth-order valence-electron chi connectivity index (χ4n) is 2.99. The monoisotopic (exact) mass is 321 g/mol. The van der Waals surface area contributed by atoms with Crippen molar-refractivity contribution in [2.75, 3.05) is 12.3 Å². The largest absolute Gasteiger partial charge is 0.368 e. The molecule has 0 fully saturated rings. The Hall–Kier alpha value is -2.73. The molecule has 0 saturated carbocycles. The van der Waals surface area contributed by atoms with E-state index in [4.69, 9.17) is 10.3 Å². The molecule has 0 unspecified atom stereocenters. The van der Waals surface area contributed by atoms with Gasteiger partial charge in [-0.3, -0.25) is 4.90 Å². The Morgan fingerprint density at radius 3 is 2.92 bits per heavy atom. The van der Waals surface area contributed by atoms with Crippen LogP contribution in [0.2, 0.25) is 0 Å². The van der Waals surface area contributed by atoms with Gasteiger partial charge >= 0.3 is 0 Å². The molecule has 0 radical (unpaired) electrons. The van der Waals surface area contributed by atoms with Crippen LogP contribution >= 0.6 is 0 Å². The predicted molar refractivity (Wildman–Crippen MR) is 90.9 cm³/mol. The molecule has 0 saturated heterocycles. The topological polar surface area (TPSA) is 81.1 Å². The van der Waals surface area contributed by atoms with Crippen molar-refractivity contribution in [2.45, 2.75) is 26.4 Å². The van der Waals surface area contributed by atoms with Crippen LogP contribution in [0.25, 0.3) is 11.3 Å². The lowest BCUT2D eigenvalue weighted by Crippen LogP contribution is -2.31. The maximum absolute atomic E-state index is 5.65. The first-order valence-electron chi connectivity index (χ1n) is 8.02. The molecule has 1 aliphatic rings. The number of rotatable bonds is 3. The van der Waals surface area contributed by atoms with E-state index in [9.17, 15) is 0 Å². The van der Waals surface area contributed by atoms with Gasteiger partial charge in [0.2, 0.25) is 5.95 Å². The smallest absolute Gasteiger partial charge is 0.220 e. The number of fused-ring (bicyclic) bond motifs is 1. The lowest BCUT2D eigenvalue weighted by Gasteiger charge is -2.26. The Morgan fingerprint density at radius 1 is 1.25 bits per heavy atom. The fraction of sp³-hybridized carbons (Fsp3) is 0.278. The van der Waals surface area contributed by atoms with E-state index < -0.39 is 0 Å². The van der Waals surface area contributed by atoms with Crippen molar-refractivity contribution < 1.29 is 4.52 Å². The number of aromatic nitrogens is 3. The first-order valence-corrected chi connectivity index (χ1v) is 8.02. The molecule has 24 heavy (non-hydrogen) atoms.